The van der Waals surface area contributed by atoms with Gasteiger partial charge in [-0.25, -0.2) is 9.37 Å². The van der Waals surface area contributed by atoms with Crippen LogP contribution in [0.3, 0.4) is 0 Å². The molecule has 0 fully saturated rings. The second kappa shape index (κ2) is 8.17. The third kappa shape index (κ3) is 4.53. The van der Waals surface area contributed by atoms with Gasteiger partial charge in [0.15, 0.2) is 14.1 Å². The third-order valence-electron chi connectivity index (χ3n) is 5.67. The predicted molar refractivity (Wildman–Crippen MR) is 121 cm³/mol. The molecule has 0 unspecified atom stereocenters. The lowest BCUT2D eigenvalue weighted by atomic mass is 10.1. The lowest BCUT2D eigenvalue weighted by Gasteiger charge is -2.36. The average Bonchev–Trinajstić information content (AvgIpc) is 2.68. The second-order valence-electron chi connectivity index (χ2n) is 8.94. The second-order valence-corrected chi connectivity index (χ2v) is 13.7. The van der Waals surface area contributed by atoms with Crippen LogP contribution < -0.4 is 5.56 Å². The summed E-state index contributed by atoms with van der Waals surface area (Å²) < 4.78 is 21.5. The van der Waals surface area contributed by atoms with E-state index in [0.717, 1.165) is 5.56 Å². The van der Waals surface area contributed by atoms with Crippen molar-refractivity contribution in [1.29, 1.82) is 0 Å². The van der Waals surface area contributed by atoms with Crippen LogP contribution in [0.5, 0.6) is 0 Å². The molecule has 0 aliphatic heterocycles. The number of rotatable bonds is 3. The minimum atomic E-state index is -2.08. The minimum absolute atomic E-state index is 0.00322. The van der Waals surface area contributed by atoms with Gasteiger partial charge in [0, 0.05) is 11.1 Å². The molecule has 0 bridgehead atoms. The molecular weight excluding hydrogens is 395 g/mol. The van der Waals surface area contributed by atoms with Crippen LogP contribution in [0.2, 0.25) is 18.1 Å². The van der Waals surface area contributed by atoms with Crippen LogP contribution in [0.15, 0.2) is 41.2 Å². The molecular formula is C24H27FN2O2Si. The molecule has 0 spiro atoms. The number of aromatic nitrogens is 2. The molecule has 6 heteroatoms. The van der Waals surface area contributed by atoms with E-state index in [0.29, 0.717) is 16.6 Å². The summed E-state index contributed by atoms with van der Waals surface area (Å²) in [6, 6.07) is 11.2. The highest BCUT2D eigenvalue weighted by atomic mass is 28.4. The van der Waals surface area contributed by atoms with Crippen LogP contribution in [0, 0.1) is 24.6 Å². The van der Waals surface area contributed by atoms with Crippen molar-refractivity contribution in [3.63, 3.8) is 0 Å². The van der Waals surface area contributed by atoms with Crippen molar-refractivity contribution >= 4 is 19.4 Å². The predicted octanol–water partition coefficient (Wildman–Crippen LogP) is 5.29. The summed E-state index contributed by atoms with van der Waals surface area (Å²) in [4.78, 5) is 19.0. The number of fused-ring (bicyclic) bond motifs is 1. The quantitative estimate of drug-likeness (QED) is 0.461. The SMILES string of the molecule is Cc1nc2c(C#Cc3ccccc3)cc(CO[Si](C)(C)C(C)(C)C)c(F)c2[nH]c1=O. The maximum atomic E-state index is 15.3. The molecule has 0 amide bonds. The van der Waals surface area contributed by atoms with Crippen LogP contribution in [0.4, 0.5) is 4.39 Å². The monoisotopic (exact) mass is 422 g/mol. The molecule has 0 saturated carbocycles. The van der Waals surface area contributed by atoms with Gasteiger partial charge in [0.05, 0.1) is 12.2 Å². The number of aryl methyl sites for hydroxylation is 1. The van der Waals surface area contributed by atoms with E-state index in [1.54, 1.807) is 13.0 Å². The first-order valence-corrected chi connectivity index (χ1v) is 12.8. The molecule has 2 aromatic carbocycles. The van der Waals surface area contributed by atoms with Gasteiger partial charge in [0.2, 0.25) is 0 Å². The summed E-state index contributed by atoms with van der Waals surface area (Å²) in [5.74, 6) is 5.68. The first kappa shape index (κ1) is 21.9. The Kier molecular flexibility index (Phi) is 5.98. The van der Waals surface area contributed by atoms with Gasteiger partial charge in [-0.15, -0.1) is 0 Å². The van der Waals surface area contributed by atoms with Crippen LogP contribution in [-0.4, -0.2) is 18.3 Å². The molecule has 1 heterocycles. The Bertz CT molecular complexity index is 1200. The van der Waals surface area contributed by atoms with Gasteiger partial charge in [-0.3, -0.25) is 4.79 Å². The van der Waals surface area contributed by atoms with Crippen LogP contribution in [0.25, 0.3) is 11.0 Å². The molecule has 3 rings (SSSR count). The van der Waals surface area contributed by atoms with Crippen molar-refractivity contribution in [2.75, 3.05) is 0 Å². The zero-order valence-corrected chi connectivity index (χ0v) is 19.3. The summed E-state index contributed by atoms with van der Waals surface area (Å²) in [5.41, 5.74) is 2.05. The van der Waals surface area contributed by atoms with Gasteiger partial charge in [0.25, 0.3) is 5.56 Å². The van der Waals surface area contributed by atoms with E-state index in [1.807, 2.05) is 30.3 Å². The summed E-state index contributed by atoms with van der Waals surface area (Å²) in [6.07, 6.45) is 0. The number of halogens is 1. The molecule has 1 N–H and O–H groups in total. The Morgan fingerprint density at radius 3 is 2.47 bits per heavy atom. The minimum Gasteiger partial charge on any atom is -0.412 e. The van der Waals surface area contributed by atoms with Crippen molar-refractivity contribution in [2.24, 2.45) is 0 Å². The molecule has 0 atom stereocenters. The lowest BCUT2D eigenvalue weighted by Crippen LogP contribution is -2.40. The number of hydrogen-bond acceptors (Lipinski definition) is 3. The maximum Gasteiger partial charge on any atom is 0.269 e. The molecule has 30 heavy (non-hydrogen) atoms. The molecule has 156 valence electrons. The Morgan fingerprint density at radius 2 is 1.83 bits per heavy atom. The van der Waals surface area contributed by atoms with E-state index in [4.69, 9.17) is 4.43 Å². The fourth-order valence-corrected chi connectivity index (χ4v) is 3.64. The van der Waals surface area contributed by atoms with Crippen LogP contribution in [-0.2, 0) is 11.0 Å². The largest absolute Gasteiger partial charge is 0.412 e. The Morgan fingerprint density at radius 1 is 1.17 bits per heavy atom. The topological polar surface area (TPSA) is 55.0 Å². The van der Waals surface area contributed by atoms with Crippen molar-refractivity contribution in [1.82, 2.24) is 9.97 Å². The molecule has 4 nitrogen and oxygen atoms in total. The van der Waals surface area contributed by atoms with E-state index in [2.05, 4.69) is 55.7 Å². The van der Waals surface area contributed by atoms with E-state index in [9.17, 15) is 4.79 Å². The number of benzene rings is 2. The van der Waals surface area contributed by atoms with E-state index in [1.165, 1.54) is 0 Å². The number of hydrogen-bond donors (Lipinski definition) is 1. The van der Waals surface area contributed by atoms with Crippen molar-refractivity contribution < 1.29 is 8.82 Å². The highest BCUT2D eigenvalue weighted by Gasteiger charge is 2.37. The summed E-state index contributed by atoms with van der Waals surface area (Å²) >= 11 is 0. The van der Waals surface area contributed by atoms with Crippen molar-refractivity contribution in [3.8, 4) is 11.8 Å². The third-order valence-corrected chi connectivity index (χ3v) is 10.1. The summed E-state index contributed by atoms with van der Waals surface area (Å²) in [6.45, 7) is 12.4. The van der Waals surface area contributed by atoms with Crippen molar-refractivity contribution in [2.45, 2.75) is 52.4 Å². The molecule has 1 aromatic heterocycles. The smallest absolute Gasteiger partial charge is 0.269 e. The number of nitrogens with one attached hydrogen (secondary N) is 1. The van der Waals surface area contributed by atoms with E-state index >= 15 is 4.39 Å². The normalized spacial score (nSPS) is 12.0. The van der Waals surface area contributed by atoms with Crippen molar-refractivity contribution in [3.05, 3.63) is 75.0 Å². The van der Waals surface area contributed by atoms with Gasteiger partial charge in [-0.05, 0) is 43.3 Å². The number of nitrogens with zero attached hydrogens (tertiary/aromatic N) is 1. The summed E-state index contributed by atoms with van der Waals surface area (Å²) in [5, 5.41) is 0.00322. The van der Waals surface area contributed by atoms with E-state index in [-0.39, 0.29) is 22.9 Å². The van der Waals surface area contributed by atoms with Crippen LogP contribution in [0.1, 0.15) is 43.2 Å². The van der Waals surface area contributed by atoms with Gasteiger partial charge in [-0.1, -0.05) is 50.8 Å². The van der Waals surface area contributed by atoms with Gasteiger partial charge in [0.1, 0.15) is 16.7 Å². The fourth-order valence-electron chi connectivity index (χ4n) is 2.69. The number of H-pyrrole nitrogens is 1. The first-order chi connectivity index (χ1) is 14.0. The standard InChI is InChI=1S/C24H27FN2O2Si/c1-16-23(28)27-22-20(25)19(15-29-30(5,6)24(2,3)4)14-18(21(22)26-16)13-12-17-10-8-7-9-11-17/h7-11,14H,15H2,1-6H3,(H,27,28). The zero-order chi connectivity index (χ0) is 22.1. The molecule has 0 aliphatic rings. The Hall–Kier alpha value is -2.75. The number of aromatic amines is 1. The van der Waals surface area contributed by atoms with Crippen LogP contribution >= 0.6 is 0 Å². The summed E-state index contributed by atoms with van der Waals surface area (Å²) in [7, 11) is -2.08. The average molecular weight is 423 g/mol. The fraction of sp³-hybridized carbons (Fsp3) is 0.333. The highest BCUT2D eigenvalue weighted by Crippen LogP contribution is 2.37. The molecule has 3 aromatic rings. The van der Waals surface area contributed by atoms with Gasteiger partial charge >= 0.3 is 0 Å². The highest BCUT2D eigenvalue weighted by molar-refractivity contribution is 6.74. The zero-order valence-electron chi connectivity index (χ0n) is 18.3. The molecule has 0 saturated heterocycles. The van der Waals surface area contributed by atoms with Gasteiger partial charge < -0.3 is 9.41 Å². The van der Waals surface area contributed by atoms with Gasteiger partial charge in [-0.2, -0.15) is 0 Å². The van der Waals surface area contributed by atoms with E-state index < -0.39 is 19.7 Å². The Balaban J connectivity index is 2.13. The maximum absolute atomic E-state index is 15.3. The lowest BCUT2D eigenvalue weighted by molar-refractivity contribution is 0.271. The first-order valence-electron chi connectivity index (χ1n) is 9.92. The molecule has 0 radical (unpaired) electrons. The molecule has 0 aliphatic carbocycles. The Labute approximate surface area is 177 Å².